The molecule has 2 rings (SSSR count). The van der Waals surface area contributed by atoms with Crippen LogP contribution in [0.2, 0.25) is 0 Å². The van der Waals surface area contributed by atoms with Crippen LogP contribution < -0.4 is 11.1 Å². The maximum Gasteiger partial charge on any atom is 0.352 e. The maximum atomic E-state index is 12.2. The van der Waals surface area contributed by atoms with Crippen LogP contribution in [-0.4, -0.2) is 92.2 Å². The van der Waals surface area contributed by atoms with Gasteiger partial charge < -0.3 is 51.0 Å². The maximum absolute atomic E-state index is 12.2. The molecule has 1 aromatic rings. The van der Waals surface area contributed by atoms with Gasteiger partial charge in [-0.05, 0) is 25.0 Å². The second-order valence-electron chi connectivity index (χ2n) is 8.31. The number of hydrogen-bond acceptors (Lipinski definition) is 10. The Hall–Kier alpha value is -2.32. The SMILES string of the molecule is C=C(NCCCCCCO[C@@]1(C(C)=O)O[C@@H](CO)[C@H](O)[C@@H](O)[C@H]1O)[C@@H](N)c1ccc(C(=O)O)[nH]1. The van der Waals surface area contributed by atoms with Crippen molar-refractivity contribution < 1.29 is 44.6 Å². The second kappa shape index (κ2) is 12.4. The molecule has 6 atom stereocenters. The number of ketones is 1. The largest absolute Gasteiger partial charge is 0.477 e. The first-order chi connectivity index (χ1) is 16.0. The summed E-state index contributed by atoms with van der Waals surface area (Å²) in [6.07, 6.45) is -3.47. The highest BCUT2D eigenvalue weighted by atomic mass is 16.7. The summed E-state index contributed by atoms with van der Waals surface area (Å²) in [6, 6.07) is 2.46. The zero-order valence-corrected chi connectivity index (χ0v) is 19.1. The number of carbonyl (C=O) groups is 2. The van der Waals surface area contributed by atoms with Gasteiger partial charge in [0.2, 0.25) is 0 Å². The first-order valence-electron chi connectivity index (χ1n) is 11.1. The monoisotopic (exact) mass is 485 g/mol. The number of Topliss-reactive ketones (excluding diaryl/α,β-unsaturated/α-hetero) is 1. The van der Waals surface area contributed by atoms with Gasteiger partial charge >= 0.3 is 5.97 Å². The van der Waals surface area contributed by atoms with Crippen LogP contribution in [0, 0.1) is 0 Å². The van der Waals surface area contributed by atoms with Gasteiger partial charge in [-0.15, -0.1) is 0 Å². The third-order valence-electron chi connectivity index (χ3n) is 5.83. The molecule has 0 bridgehead atoms. The molecule has 0 saturated carbocycles. The summed E-state index contributed by atoms with van der Waals surface area (Å²) in [4.78, 5) is 25.9. The molecule has 1 aliphatic heterocycles. The molecule has 0 aromatic carbocycles. The van der Waals surface area contributed by atoms with Crippen molar-refractivity contribution >= 4 is 11.8 Å². The molecule has 0 unspecified atom stereocenters. The Balaban J connectivity index is 1.70. The van der Waals surface area contributed by atoms with E-state index in [1.54, 1.807) is 6.07 Å². The molecule has 9 N–H and O–H groups in total. The number of aromatic amines is 1. The summed E-state index contributed by atoms with van der Waals surface area (Å²) in [5.74, 6) is -3.90. The lowest BCUT2D eigenvalue weighted by Gasteiger charge is -2.46. The Morgan fingerprint density at radius 1 is 1.24 bits per heavy atom. The van der Waals surface area contributed by atoms with Crippen molar-refractivity contribution in [3.8, 4) is 0 Å². The number of carbonyl (C=O) groups excluding carboxylic acids is 1. The van der Waals surface area contributed by atoms with E-state index < -0.39 is 54.6 Å². The van der Waals surface area contributed by atoms with E-state index in [0.29, 0.717) is 24.4 Å². The average molecular weight is 486 g/mol. The molecule has 0 spiro atoms. The molecule has 2 heterocycles. The molecule has 1 aromatic heterocycles. The molecule has 1 saturated heterocycles. The molecular weight excluding hydrogens is 450 g/mol. The number of aliphatic hydroxyl groups is 4. The number of aromatic carboxylic acids is 1. The molecular formula is C22H35N3O9. The van der Waals surface area contributed by atoms with Gasteiger partial charge in [-0.1, -0.05) is 19.4 Å². The van der Waals surface area contributed by atoms with Crippen molar-refractivity contribution in [1.82, 2.24) is 10.3 Å². The Labute approximate surface area is 197 Å². The van der Waals surface area contributed by atoms with Gasteiger partial charge in [0, 0.05) is 24.9 Å². The third kappa shape index (κ3) is 6.42. The standard InChI is InChI=1S/C22H35N3O9/c1-12(17(23)14-7-8-15(25-14)21(31)32)24-9-5-3-4-6-10-33-22(13(2)27)20(30)19(29)18(28)16(11-26)34-22/h7-8,16-20,24-26,28-30H,1,3-6,9-11,23H2,2H3,(H,31,32)/t16-,17+,18-,19+,20+,22-/m0/s1. The number of unbranched alkanes of at least 4 members (excludes halogenated alkanes) is 3. The van der Waals surface area contributed by atoms with Gasteiger partial charge in [0.05, 0.1) is 19.3 Å². The van der Waals surface area contributed by atoms with E-state index in [0.717, 1.165) is 26.2 Å². The van der Waals surface area contributed by atoms with Crippen molar-refractivity contribution in [2.24, 2.45) is 5.73 Å². The van der Waals surface area contributed by atoms with Gasteiger partial charge in [-0.25, -0.2) is 4.79 Å². The third-order valence-corrected chi connectivity index (χ3v) is 5.83. The number of nitrogens with one attached hydrogen (secondary N) is 2. The summed E-state index contributed by atoms with van der Waals surface area (Å²) in [6.45, 7) is 5.03. The van der Waals surface area contributed by atoms with Crippen LogP contribution in [-0.2, 0) is 14.3 Å². The second-order valence-corrected chi connectivity index (χ2v) is 8.31. The van der Waals surface area contributed by atoms with Crippen molar-refractivity contribution in [3.05, 3.63) is 35.8 Å². The first-order valence-corrected chi connectivity index (χ1v) is 11.1. The Bertz CT molecular complexity index is 843. The van der Waals surface area contributed by atoms with Crippen molar-refractivity contribution in [2.75, 3.05) is 19.8 Å². The molecule has 12 heteroatoms. The molecule has 0 radical (unpaired) electrons. The number of rotatable bonds is 14. The van der Waals surface area contributed by atoms with E-state index in [4.69, 9.17) is 20.3 Å². The summed E-state index contributed by atoms with van der Waals surface area (Å²) in [5.41, 5.74) is 7.22. The summed E-state index contributed by atoms with van der Waals surface area (Å²) < 4.78 is 10.9. The molecule has 0 amide bonds. The number of nitrogens with two attached hydrogens (primary N) is 1. The lowest BCUT2D eigenvalue weighted by Crippen LogP contribution is -2.68. The predicted octanol–water partition coefficient (Wildman–Crippen LogP) is -0.848. The van der Waals surface area contributed by atoms with Crippen LogP contribution in [0.5, 0.6) is 0 Å². The Kier molecular flexibility index (Phi) is 10.2. The lowest BCUT2D eigenvalue weighted by molar-refractivity contribution is -0.344. The molecule has 12 nitrogen and oxygen atoms in total. The molecule has 34 heavy (non-hydrogen) atoms. The van der Waals surface area contributed by atoms with Gasteiger partial charge in [0.15, 0.2) is 5.78 Å². The zero-order valence-electron chi connectivity index (χ0n) is 19.1. The quantitative estimate of drug-likeness (QED) is 0.152. The minimum atomic E-state index is -2.15. The van der Waals surface area contributed by atoms with Gasteiger partial charge in [-0.2, -0.15) is 0 Å². The number of hydrogen-bond donors (Lipinski definition) is 8. The van der Waals surface area contributed by atoms with Crippen LogP contribution >= 0.6 is 0 Å². The molecule has 192 valence electrons. The van der Waals surface area contributed by atoms with E-state index in [1.807, 2.05) is 0 Å². The number of ether oxygens (including phenoxy) is 2. The van der Waals surface area contributed by atoms with Crippen LogP contribution in [0.1, 0.15) is 54.8 Å². The normalized spacial score (nSPS) is 27.8. The number of aliphatic hydroxyl groups excluding tert-OH is 4. The summed E-state index contributed by atoms with van der Waals surface area (Å²) in [7, 11) is 0. The highest BCUT2D eigenvalue weighted by Gasteiger charge is 2.57. The number of carboxylic acid groups (broad SMARTS) is 1. The number of aromatic nitrogens is 1. The Morgan fingerprint density at radius 2 is 1.91 bits per heavy atom. The zero-order chi connectivity index (χ0) is 25.5. The van der Waals surface area contributed by atoms with Crippen LogP contribution in [0.4, 0.5) is 0 Å². The topological polar surface area (TPSA) is 208 Å². The van der Waals surface area contributed by atoms with E-state index >= 15 is 0 Å². The van der Waals surface area contributed by atoms with E-state index in [2.05, 4.69) is 16.9 Å². The van der Waals surface area contributed by atoms with Crippen molar-refractivity contribution in [2.45, 2.75) is 68.9 Å². The fourth-order valence-electron chi connectivity index (χ4n) is 3.72. The van der Waals surface area contributed by atoms with E-state index in [-0.39, 0.29) is 12.3 Å². The molecule has 1 aliphatic rings. The number of H-pyrrole nitrogens is 1. The minimum Gasteiger partial charge on any atom is -0.477 e. The highest BCUT2D eigenvalue weighted by molar-refractivity contribution is 5.85. The first kappa shape index (κ1) is 27.9. The summed E-state index contributed by atoms with van der Waals surface area (Å²) >= 11 is 0. The van der Waals surface area contributed by atoms with E-state index in [1.165, 1.54) is 6.07 Å². The van der Waals surface area contributed by atoms with Gasteiger partial charge in [0.25, 0.3) is 5.79 Å². The lowest BCUT2D eigenvalue weighted by atomic mass is 9.90. The fourth-order valence-corrected chi connectivity index (χ4v) is 3.72. The van der Waals surface area contributed by atoms with Crippen molar-refractivity contribution in [1.29, 1.82) is 0 Å². The van der Waals surface area contributed by atoms with E-state index in [9.17, 15) is 30.0 Å². The molecule has 1 fully saturated rings. The average Bonchev–Trinajstić information content (AvgIpc) is 3.30. The van der Waals surface area contributed by atoms with Gasteiger partial charge in [0.1, 0.15) is 30.1 Å². The fraction of sp³-hybridized carbons (Fsp3) is 0.636. The summed E-state index contributed by atoms with van der Waals surface area (Å²) in [5, 5.41) is 51.6. The smallest absolute Gasteiger partial charge is 0.352 e. The van der Waals surface area contributed by atoms with Gasteiger partial charge in [-0.3, -0.25) is 4.79 Å². The number of carboxylic acids is 1. The van der Waals surface area contributed by atoms with Crippen LogP contribution in [0.25, 0.3) is 0 Å². The minimum absolute atomic E-state index is 0.0516. The Morgan fingerprint density at radius 3 is 2.50 bits per heavy atom. The molecule has 0 aliphatic carbocycles. The predicted molar refractivity (Wildman–Crippen MR) is 120 cm³/mol. The van der Waals surface area contributed by atoms with Crippen LogP contribution in [0.15, 0.2) is 24.4 Å². The highest BCUT2D eigenvalue weighted by Crippen LogP contribution is 2.32. The van der Waals surface area contributed by atoms with Crippen molar-refractivity contribution in [3.63, 3.8) is 0 Å². The van der Waals surface area contributed by atoms with Crippen LogP contribution in [0.3, 0.4) is 0 Å².